The first-order valence-electron chi connectivity index (χ1n) is 23.0. The fraction of sp³-hybridized carbons (Fsp3) is 0.733. The number of piperidine rings is 1. The van der Waals surface area contributed by atoms with Gasteiger partial charge in [0, 0.05) is 36.5 Å². The molecule has 3 saturated heterocycles. The van der Waals surface area contributed by atoms with E-state index in [9.17, 15) is 17.6 Å². The zero-order chi connectivity index (χ0) is 41.6. The fourth-order valence-electron chi connectivity index (χ4n) is 12.1. The average molecular weight is 839 g/mol. The van der Waals surface area contributed by atoms with Gasteiger partial charge in [0.2, 0.25) is 0 Å². The maximum absolute atomic E-state index is 13.0. The van der Waals surface area contributed by atoms with Gasteiger partial charge in [0.15, 0.2) is 0 Å². The van der Waals surface area contributed by atoms with Crippen molar-refractivity contribution in [3.8, 4) is 11.5 Å². The van der Waals surface area contributed by atoms with Gasteiger partial charge in [-0.15, -0.1) is 0 Å². The number of fused-ring (bicyclic) bond motifs is 2. The Morgan fingerprint density at radius 3 is 1.82 bits per heavy atom. The van der Waals surface area contributed by atoms with Gasteiger partial charge in [-0.1, -0.05) is 60.2 Å². The second-order valence-corrected chi connectivity index (χ2v) is 17.9. The Morgan fingerprint density at radius 1 is 0.709 bits per heavy atom. The van der Waals surface area contributed by atoms with Crippen LogP contribution in [0.4, 0.5) is 17.6 Å². The summed E-state index contributed by atoms with van der Waals surface area (Å²) in [6.45, 7) is -2.00. The van der Waals surface area contributed by atoms with Crippen LogP contribution in [-0.2, 0) is 33.1 Å². The van der Waals surface area contributed by atoms with Crippen molar-refractivity contribution in [3.63, 3.8) is 0 Å². The first-order chi connectivity index (χ1) is 28.2. The first-order valence-corrected chi connectivity index (χ1v) is 22.1. The molecule has 0 spiro atoms. The molecular weight excluding hydrogens is 774 g/mol. The maximum Gasteiger partial charge on any atom is 0.272 e. The van der Waals surface area contributed by atoms with Gasteiger partial charge in [-0.25, -0.2) is 17.6 Å². The molecule has 2 aromatic carbocycles. The molecule has 2 aromatic rings. The number of halogens is 5. The number of alkyl halides is 5. The molecule has 0 aromatic heterocycles. The highest BCUT2D eigenvalue weighted by molar-refractivity contribution is 9.09. The Morgan fingerprint density at radius 2 is 1.27 bits per heavy atom. The molecule has 10 heteroatoms. The second kappa shape index (κ2) is 17.5. The van der Waals surface area contributed by atoms with E-state index in [0.717, 1.165) is 69.7 Å². The molecular formula is C45H60BrF4NO4. The van der Waals surface area contributed by atoms with Crippen LogP contribution in [0, 0.1) is 17.8 Å². The van der Waals surface area contributed by atoms with E-state index in [1.54, 1.807) is 12.1 Å². The molecule has 3 aliphatic heterocycles. The SMILES string of the molecule is BrCC1CCO1.[2H]C([2H])(Oc1ccc2c(c1)[C@]13CCCC[C@@H]1[C@@H](CCC3)C2)C(F)F.[2H]C([2H])(Oc1ccc2c(c1)[C@]13CCCC[C@@H]1[C@H](C2)N(CC1CCO1)CC3)C(F)F. The molecule has 5 aliphatic carbocycles. The predicted octanol–water partition coefficient (Wildman–Crippen LogP) is 10.5. The van der Waals surface area contributed by atoms with Gasteiger partial charge in [0.05, 0.1) is 17.7 Å². The molecule has 5 nitrogen and oxygen atoms in total. The Bertz CT molecular complexity index is 1760. The Labute approximate surface area is 339 Å². The monoisotopic (exact) mass is 837 g/mol. The Balaban J connectivity index is 0.000000146. The van der Waals surface area contributed by atoms with E-state index in [0.29, 0.717) is 30.1 Å². The molecule has 8 aliphatic rings. The fourth-order valence-corrected chi connectivity index (χ4v) is 12.6. The van der Waals surface area contributed by atoms with Crippen molar-refractivity contribution in [2.45, 2.75) is 145 Å². The summed E-state index contributed by atoms with van der Waals surface area (Å²) >= 11 is 3.30. The van der Waals surface area contributed by atoms with Gasteiger partial charge >= 0.3 is 0 Å². The topological polar surface area (TPSA) is 40.2 Å². The van der Waals surface area contributed by atoms with Crippen molar-refractivity contribution in [2.75, 3.05) is 44.8 Å². The number of ether oxygens (including phenoxy) is 4. The number of hydrogen-bond acceptors (Lipinski definition) is 5. The minimum atomic E-state index is -3.18. The summed E-state index contributed by atoms with van der Waals surface area (Å²) in [5, 5.41) is 1.01. The van der Waals surface area contributed by atoms with Gasteiger partial charge in [0.1, 0.15) is 24.6 Å². The van der Waals surface area contributed by atoms with E-state index < -0.39 is 26.0 Å². The number of rotatable bonds is 9. The summed E-state index contributed by atoms with van der Waals surface area (Å²) in [5.74, 6) is 2.48. The highest BCUT2D eigenvalue weighted by atomic mass is 79.9. The molecule has 6 fully saturated rings. The van der Waals surface area contributed by atoms with E-state index in [4.69, 9.17) is 24.4 Å². The lowest BCUT2D eigenvalue weighted by atomic mass is 9.49. The van der Waals surface area contributed by atoms with Crippen LogP contribution in [0.5, 0.6) is 11.5 Å². The van der Waals surface area contributed by atoms with Crippen molar-refractivity contribution >= 4 is 15.9 Å². The maximum atomic E-state index is 13.0. The molecule has 55 heavy (non-hydrogen) atoms. The standard InChI is InChI=1S/C22H29F2NO2.C19H24F2O.C4H7BrO/c23-21(24)14-27-16-5-4-15-11-20-18-3-1-2-7-22(18,19(15)12-16)8-9-25(20)13-17-6-10-26-17;20-18(21)12-22-15-7-6-14-10-13-4-3-9-19(17(14)11-15)8-2-1-5-16(13)19;5-3-4-1-2-6-4/h4-5,12,17-18,20-21H,1-3,6-11,13-14H2;6-7,11,13,16,18H,1-5,8-10,12H2;4H,1-3H2/t17?,18-,20+,22+;13-,16+,19-;/m10./s1/i14D2;12D2;. The van der Waals surface area contributed by atoms with Gasteiger partial charge in [-0.05, 0) is 147 Å². The minimum absolute atomic E-state index is 0.0738. The third kappa shape index (κ3) is 8.36. The summed E-state index contributed by atoms with van der Waals surface area (Å²) in [6, 6.07) is 11.5. The quantitative estimate of drug-likeness (QED) is 0.186. The minimum Gasteiger partial charge on any atom is -0.488 e. The van der Waals surface area contributed by atoms with Gasteiger partial charge in [-0.2, -0.15) is 0 Å². The van der Waals surface area contributed by atoms with Gasteiger partial charge in [0.25, 0.3) is 12.9 Å². The molecule has 10 rings (SSSR count). The molecule has 0 N–H and O–H groups in total. The van der Waals surface area contributed by atoms with Crippen molar-refractivity contribution in [1.29, 1.82) is 0 Å². The normalized spacial score (nSPS) is 35.8. The molecule has 0 radical (unpaired) electrons. The van der Waals surface area contributed by atoms with E-state index in [2.05, 4.69) is 20.8 Å². The lowest BCUT2D eigenvalue weighted by Crippen LogP contribution is -2.62. The molecule has 304 valence electrons. The molecule has 0 amide bonds. The highest BCUT2D eigenvalue weighted by Gasteiger charge is 2.54. The number of likely N-dealkylation sites (tertiary alicyclic amines) is 1. The van der Waals surface area contributed by atoms with Crippen LogP contribution in [0.1, 0.15) is 118 Å². The lowest BCUT2D eigenvalue weighted by Gasteiger charge is -2.59. The van der Waals surface area contributed by atoms with Crippen molar-refractivity contribution in [2.24, 2.45) is 17.8 Å². The van der Waals surface area contributed by atoms with Crippen molar-refractivity contribution < 1.29 is 42.0 Å². The molecule has 2 unspecified atom stereocenters. The van der Waals surface area contributed by atoms with Crippen LogP contribution in [0.3, 0.4) is 0 Å². The largest absolute Gasteiger partial charge is 0.488 e. The summed E-state index contributed by atoms with van der Waals surface area (Å²) in [7, 11) is 0. The van der Waals surface area contributed by atoms with E-state index in [1.807, 2.05) is 24.3 Å². The molecule has 3 saturated carbocycles. The zero-order valence-electron chi connectivity index (χ0n) is 35.9. The third-order valence-corrected chi connectivity index (χ3v) is 15.3. The lowest BCUT2D eigenvalue weighted by molar-refractivity contribution is -0.0947. The van der Waals surface area contributed by atoms with E-state index in [1.165, 1.54) is 92.9 Å². The molecule has 4 bridgehead atoms. The van der Waals surface area contributed by atoms with Gasteiger partial charge in [-0.3, -0.25) is 4.90 Å². The highest BCUT2D eigenvalue weighted by Crippen LogP contribution is 2.59. The van der Waals surface area contributed by atoms with Crippen LogP contribution in [0.15, 0.2) is 36.4 Å². The molecule has 3 heterocycles. The van der Waals surface area contributed by atoms with E-state index in [-0.39, 0.29) is 22.3 Å². The van der Waals surface area contributed by atoms with Crippen molar-refractivity contribution in [1.82, 2.24) is 4.90 Å². The summed E-state index contributed by atoms with van der Waals surface area (Å²) < 4.78 is 102. The van der Waals surface area contributed by atoms with E-state index >= 15 is 0 Å². The summed E-state index contributed by atoms with van der Waals surface area (Å²) in [4.78, 5) is 2.64. The predicted molar refractivity (Wildman–Crippen MR) is 210 cm³/mol. The summed E-state index contributed by atoms with van der Waals surface area (Å²) in [5.41, 5.74) is 5.32. The smallest absolute Gasteiger partial charge is 0.272 e. The number of hydrogen-bond donors (Lipinski definition) is 0. The third-order valence-electron chi connectivity index (χ3n) is 14.6. The Hall–Kier alpha value is -1.88. The Kier molecular flexibility index (Phi) is 11.2. The first kappa shape index (κ1) is 35.1. The van der Waals surface area contributed by atoms with Crippen molar-refractivity contribution in [3.05, 3.63) is 58.7 Å². The zero-order valence-corrected chi connectivity index (χ0v) is 33.5. The van der Waals surface area contributed by atoms with Gasteiger partial charge < -0.3 is 18.9 Å². The second-order valence-electron chi connectivity index (χ2n) is 17.3. The number of nitrogens with zero attached hydrogens (tertiary/aromatic N) is 1. The van der Waals surface area contributed by atoms with Crippen LogP contribution >= 0.6 is 15.9 Å². The number of benzene rings is 2. The average Bonchev–Trinajstić information content (AvgIpc) is 3.17. The van der Waals surface area contributed by atoms with Crippen LogP contribution < -0.4 is 9.47 Å². The summed E-state index contributed by atoms with van der Waals surface area (Å²) in [6.07, 6.45) is 13.5. The van der Waals surface area contributed by atoms with Crippen LogP contribution in [-0.4, -0.2) is 80.8 Å². The molecule has 8 atom stereocenters. The van der Waals surface area contributed by atoms with Crippen LogP contribution in [0.2, 0.25) is 0 Å². The van der Waals surface area contributed by atoms with Crippen LogP contribution in [0.25, 0.3) is 0 Å².